The molecule has 9 rings (SSSR count). The van der Waals surface area contributed by atoms with E-state index in [1.807, 2.05) is 0 Å². The monoisotopic (exact) mass is 854 g/mol. The molecule has 8 fully saturated rings. The van der Waals surface area contributed by atoms with E-state index in [1.54, 1.807) is 0 Å². The predicted octanol–water partition coefficient (Wildman–Crippen LogP) is 0.853. The van der Waals surface area contributed by atoms with Crippen LogP contribution >= 0.6 is 0 Å². The lowest BCUT2D eigenvalue weighted by Crippen LogP contribution is -2.65. The van der Waals surface area contributed by atoms with E-state index in [-0.39, 0.29) is 23.0 Å². The number of rotatable bonds is 8. The third-order valence-corrected chi connectivity index (χ3v) is 17.3. The van der Waals surface area contributed by atoms with Gasteiger partial charge in [-0.05, 0) is 98.7 Å². The minimum absolute atomic E-state index is 0.0141. The Morgan fingerprint density at radius 1 is 0.700 bits per heavy atom. The van der Waals surface area contributed by atoms with Crippen molar-refractivity contribution in [3.8, 4) is 0 Å². The maximum atomic E-state index is 11.9. The second kappa shape index (κ2) is 16.5. The maximum Gasteiger partial charge on any atom is 0.187 e. The summed E-state index contributed by atoms with van der Waals surface area (Å²) in [5, 5.41) is 84.8. The summed E-state index contributed by atoms with van der Waals surface area (Å²) in [7, 11) is 0. The number of hydrogen-bond acceptors (Lipinski definition) is 16. The van der Waals surface area contributed by atoms with Crippen molar-refractivity contribution >= 4 is 0 Å². The quantitative estimate of drug-likeness (QED) is 0.158. The first-order valence-electron chi connectivity index (χ1n) is 22.8. The highest BCUT2D eigenvalue weighted by Crippen LogP contribution is 2.70. The fourth-order valence-corrected chi connectivity index (χ4v) is 13.8. The highest BCUT2D eigenvalue weighted by atomic mass is 16.8. The molecule has 0 aromatic heterocycles. The molecule has 16 nitrogen and oxygen atoms in total. The number of hydrogen-bond donors (Lipinski definition) is 8. The van der Waals surface area contributed by atoms with Gasteiger partial charge in [-0.1, -0.05) is 39.3 Å². The molecule has 60 heavy (non-hydrogen) atoms. The summed E-state index contributed by atoms with van der Waals surface area (Å²) in [6.07, 6.45) is -8.79. The van der Waals surface area contributed by atoms with E-state index in [2.05, 4.69) is 33.8 Å². The first kappa shape index (κ1) is 44.3. The van der Waals surface area contributed by atoms with Gasteiger partial charge in [0, 0.05) is 12.3 Å². The van der Waals surface area contributed by atoms with Crippen molar-refractivity contribution in [3.05, 3.63) is 11.6 Å². The first-order valence-corrected chi connectivity index (χ1v) is 22.8. The Hall–Kier alpha value is -0.900. The van der Waals surface area contributed by atoms with Crippen LogP contribution < -0.4 is 0 Å². The smallest absolute Gasteiger partial charge is 0.187 e. The van der Waals surface area contributed by atoms with Crippen LogP contribution in [0.5, 0.6) is 0 Å². The lowest BCUT2D eigenvalue weighted by molar-refractivity contribution is -0.380. The lowest BCUT2D eigenvalue weighted by atomic mass is 9.47. The molecule has 8 N–H and O–H groups in total. The Labute approximate surface area is 352 Å². The molecule has 5 aliphatic heterocycles. The van der Waals surface area contributed by atoms with E-state index in [0.717, 1.165) is 45.1 Å². The Balaban J connectivity index is 0.913. The average molecular weight is 855 g/mol. The van der Waals surface area contributed by atoms with E-state index in [9.17, 15) is 40.9 Å². The zero-order chi connectivity index (χ0) is 42.6. The third kappa shape index (κ3) is 7.10. The van der Waals surface area contributed by atoms with Gasteiger partial charge in [0.15, 0.2) is 24.7 Å². The Kier molecular flexibility index (Phi) is 12.2. The fraction of sp³-hybridized carbons (Fsp3) is 0.955. The molecule has 0 amide bonds. The van der Waals surface area contributed by atoms with Crippen LogP contribution in [0.25, 0.3) is 0 Å². The van der Waals surface area contributed by atoms with E-state index < -0.39 is 105 Å². The standard InChI is InChI=1S/C44H70O16/c1-19-8-13-44(53-18-19)20(2)30-27(60-44)15-26-24-7-6-22-14-23(9-11-42(22,4)25(24)10-12-43(26,30)5)55-41-38(59-39-35(51)33(49)31(47)21(3)54-39)36(52)37(29(17-46)57-41)58-40-34(50)32(48)28(16-45)56-40/h6,19-21,23-41,45-52H,7-18H2,1-5H3/t19-,20+,21?,23+,24?,25?,26?,27?,28+,29?,30?,31?,32-,33?,34-,35?,36+,37-,38?,39?,40+,41-,42+,43+,44?/m1/s1. The molecule has 25 atom stereocenters. The van der Waals surface area contributed by atoms with E-state index in [0.29, 0.717) is 48.3 Å². The van der Waals surface area contributed by atoms with Crippen LogP contribution in [0.4, 0.5) is 0 Å². The Morgan fingerprint density at radius 2 is 1.40 bits per heavy atom. The molecule has 0 aromatic carbocycles. The molecule has 0 aromatic rings. The predicted molar refractivity (Wildman–Crippen MR) is 208 cm³/mol. The Morgan fingerprint density at radius 3 is 2.10 bits per heavy atom. The summed E-state index contributed by atoms with van der Waals surface area (Å²) in [6.45, 7) is 10.7. The van der Waals surface area contributed by atoms with Crippen molar-refractivity contribution < 1.29 is 78.7 Å². The van der Waals surface area contributed by atoms with Crippen molar-refractivity contribution in [2.24, 2.45) is 46.3 Å². The highest BCUT2D eigenvalue weighted by Gasteiger charge is 2.69. The van der Waals surface area contributed by atoms with Gasteiger partial charge in [-0.3, -0.25) is 0 Å². The summed E-state index contributed by atoms with van der Waals surface area (Å²) < 4.78 is 49.9. The minimum Gasteiger partial charge on any atom is -0.394 e. The van der Waals surface area contributed by atoms with Gasteiger partial charge in [-0.15, -0.1) is 0 Å². The van der Waals surface area contributed by atoms with Crippen LogP contribution in [0.3, 0.4) is 0 Å². The van der Waals surface area contributed by atoms with Crippen LogP contribution in [0.2, 0.25) is 0 Å². The van der Waals surface area contributed by atoms with Gasteiger partial charge >= 0.3 is 0 Å². The van der Waals surface area contributed by atoms with Crippen LogP contribution in [-0.2, 0) is 37.9 Å². The molecule has 9 aliphatic rings. The van der Waals surface area contributed by atoms with E-state index >= 15 is 0 Å². The summed E-state index contributed by atoms with van der Waals surface area (Å²) >= 11 is 0. The molecular weight excluding hydrogens is 784 g/mol. The molecule has 3 saturated carbocycles. The number of ether oxygens (including phenoxy) is 8. The van der Waals surface area contributed by atoms with Gasteiger partial charge < -0.3 is 78.7 Å². The SMILES string of the molecule is CC1OC(OC2[C@H](O[C@H]3CC[C@@]4(C)C(=CCC5C6CC7OC8(CC[C@@H](C)CO8)[C@@H](C)C7[C@@]6(C)CCC54)C3)OC(CO)[C@@H](O[C@@H]3O[C@@H](CO)[C@@H](O)[C@H]3O)[C@@H]2O)C(O)C(O)C1O. The number of aliphatic hydroxyl groups is 8. The fourth-order valence-electron chi connectivity index (χ4n) is 13.8. The normalized spacial score (nSPS) is 57.7. The average Bonchev–Trinajstić information content (AvgIpc) is 3.79. The van der Waals surface area contributed by atoms with Gasteiger partial charge in [0.05, 0.1) is 38.1 Å². The number of allylic oxidation sites excluding steroid dienone is 1. The van der Waals surface area contributed by atoms with Crippen LogP contribution in [0, 0.1) is 46.3 Å². The molecule has 0 radical (unpaired) electrons. The van der Waals surface area contributed by atoms with Crippen LogP contribution in [0.1, 0.15) is 92.4 Å². The van der Waals surface area contributed by atoms with E-state index in [1.165, 1.54) is 18.9 Å². The van der Waals surface area contributed by atoms with Crippen LogP contribution in [-0.4, -0.2) is 165 Å². The van der Waals surface area contributed by atoms with Crippen molar-refractivity contribution in [2.75, 3.05) is 19.8 Å². The van der Waals surface area contributed by atoms with Gasteiger partial charge in [0.2, 0.25) is 0 Å². The molecule has 5 heterocycles. The van der Waals surface area contributed by atoms with Gasteiger partial charge in [-0.2, -0.15) is 0 Å². The second-order valence-electron chi connectivity index (χ2n) is 20.6. The first-order chi connectivity index (χ1) is 28.5. The third-order valence-electron chi connectivity index (χ3n) is 17.3. The summed E-state index contributed by atoms with van der Waals surface area (Å²) in [5.74, 6) is 2.65. The largest absolute Gasteiger partial charge is 0.394 e. The molecular formula is C44H70O16. The summed E-state index contributed by atoms with van der Waals surface area (Å²) in [5.41, 5.74) is 1.54. The molecule has 13 unspecified atom stereocenters. The Bertz CT molecular complexity index is 1560. The highest BCUT2D eigenvalue weighted by molar-refractivity contribution is 5.26. The van der Waals surface area contributed by atoms with Gasteiger partial charge in [0.25, 0.3) is 0 Å². The zero-order valence-corrected chi connectivity index (χ0v) is 35.6. The molecule has 342 valence electrons. The van der Waals surface area contributed by atoms with Crippen molar-refractivity contribution in [1.82, 2.24) is 0 Å². The molecule has 16 heteroatoms. The van der Waals surface area contributed by atoms with Crippen molar-refractivity contribution in [2.45, 2.75) is 196 Å². The number of fused-ring (bicyclic) bond motifs is 7. The summed E-state index contributed by atoms with van der Waals surface area (Å²) in [4.78, 5) is 0. The number of aliphatic hydroxyl groups excluding tert-OH is 8. The lowest BCUT2D eigenvalue weighted by Gasteiger charge is -2.58. The van der Waals surface area contributed by atoms with Crippen LogP contribution in [0.15, 0.2) is 11.6 Å². The molecule has 4 aliphatic carbocycles. The second-order valence-corrected chi connectivity index (χ2v) is 20.6. The summed E-state index contributed by atoms with van der Waals surface area (Å²) in [6, 6.07) is 0. The van der Waals surface area contributed by atoms with Gasteiger partial charge in [-0.25, -0.2) is 0 Å². The molecule has 0 bridgehead atoms. The molecule has 5 saturated heterocycles. The zero-order valence-electron chi connectivity index (χ0n) is 35.6. The minimum atomic E-state index is -1.70. The maximum absolute atomic E-state index is 11.9. The van der Waals surface area contributed by atoms with Gasteiger partial charge in [0.1, 0.15) is 61.0 Å². The van der Waals surface area contributed by atoms with E-state index in [4.69, 9.17) is 37.9 Å². The topological polar surface area (TPSA) is 236 Å². The molecule has 1 spiro atoms. The van der Waals surface area contributed by atoms with Crippen molar-refractivity contribution in [1.29, 1.82) is 0 Å². The van der Waals surface area contributed by atoms with Crippen molar-refractivity contribution in [3.63, 3.8) is 0 Å².